The number of nitrogens with one attached hydrogen (secondary N) is 1. The molecule has 0 aliphatic rings. The zero-order valence-corrected chi connectivity index (χ0v) is 19.3. The van der Waals surface area contributed by atoms with Crippen LogP contribution in [-0.4, -0.2) is 38.7 Å². The van der Waals surface area contributed by atoms with Gasteiger partial charge in [0.25, 0.3) is 5.56 Å². The molecule has 1 aromatic carbocycles. The SMILES string of the molecule is CCCNC(=O)Cc1csc2nc(C)c(-c3cc(C)n(-c4cccc(OC)c4)n3)c(=O)n12. The molecule has 3 heterocycles. The molecule has 0 spiro atoms. The number of fused-ring (bicyclic) bond motifs is 1. The average molecular weight is 452 g/mol. The van der Waals surface area contributed by atoms with Gasteiger partial charge in [-0.15, -0.1) is 11.3 Å². The van der Waals surface area contributed by atoms with Crippen molar-refractivity contribution in [3.05, 3.63) is 63.1 Å². The summed E-state index contributed by atoms with van der Waals surface area (Å²) < 4.78 is 8.62. The number of rotatable bonds is 7. The Morgan fingerprint density at radius 1 is 1.25 bits per heavy atom. The predicted octanol–water partition coefficient (Wildman–Crippen LogP) is 3.30. The summed E-state index contributed by atoms with van der Waals surface area (Å²) in [6.07, 6.45) is 0.984. The Labute approximate surface area is 189 Å². The molecule has 4 rings (SSSR count). The third-order valence-electron chi connectivity index (χ3n) is 5.18. The fourth-order valence-corrected chi connectivity index (χ4v) is 4.54. The summed E-state index contributed by atoms with van der Waals surface area (Å²) in [7, 11) is 1.62. The third-order valence-corrected chi connectivity index (χ3v) is 6.05. The van der Waals surface area contributed by atoms with Crippen LogP contribution in [0.15, 0.2) is 40.5 Å². The van der Waals surface area contributed by atoms with Gasteiger partial charge in [0.15, 0.2) is 4.96 Å². The van der Waals surface area contributed by atoms with Gasteiger partial charge in [-0.1, -0.05) is 13.0 Å². The number of amides is 1. The van der Waals surface area contributed by atoms with Crippen LogP contribution in [-0.2, 0) is 11.2 Å². The summed E-state index contributed by atoms with van der Waals surface area (Å²) in [6, 6.07) is 9.45. The van der Waals surface area contributed by atoms with Crippen LogP contribution in [0.3, 0.4) is 0 Å². The maximum Gasteiger partial charge on any atom is 0.268 e. The number of hydrogen-bond donors (Lipinski definition) is 1. The first-order chi connectivity index (χ1) is 15.4. The van der Waals surface area contributed by atoms with Crippen molar-refractivity contribution in [1.82, 2.24) is 24.5 Å². The van der Waals surface area contributed by atoms with Crippen molar-refractivity contribution < 1.29 is 9.53 Å². The Hall–Kier alpha value is -3.46. The first-order valence-corrected chi connectivity index (χ1v) is 11.3. The van der Waals surface area contributed by atoms with Crippen LogP contribution in [0.2, 0.25) is 0 Å². The molecule has 166 valence electrons. The van der Waals surface area contributed by atoms with E-state index < -0.39 is 0 Å². The summed E-state index contributed by atoms with van der Waals surface area (Å²) >= 11 is 1.35. The van der Waals surface area contributed by atoms with Gasteiger partial charge in [0.1, 0.15) is 11.4 Å². The van der Waals surface area contributed by atoms with Gasteiger partial charge in [-0.05, 0) is 38.5 Å². The number of hydrogen-bond acceptors (Lipinski definition) is 6. The highest BCUT2D eigenvalue weighted by atomic mass is 32.1. The minimum atomic E-state index is -0.220. The van der Waals surface area contributed by atoms with E-state index in [1.54, 1.807) is 11.8 Å². The van der Waals surface area contributed by atoms with Crippen LogP contribution in [0.4, 0.5) is 0 Å². The Morgan fingerprint density at radius 3 is 2.81 bits per heavy atom. The number of benzene rings is 1. The molecule has 0 radical (unpaired) electrons. The lowest BCUT2D eigenvalue weighted by molar-refractivity contribution is -0.120. The molecule has 0 atom stereocenters. The monoisotopic (exact) mass is 451 g/mol. The standard InChI is InChI=1S/C23H25N5O3S/c1-5-9-24-20(29)12-17-13-32-23-25-15(3)21(22(30)27(17)23)19-10-14(2)28(26-19)16-7-6-8-18(11-16)31-4/h6-8,10-11,13H,5,9,12H2,1-4H3,(H,24,29). The number of nitrogens with zero attached hydrogens (tertiary/aromatic N) is 4. The predicted molar refractivity (Wildman–Crippen MR) is 125 cm³/mol. The molecular weight excluding hydrogens is 426 g/mol. The Balaban J connectivity index is 1.79. The Morgan fingerprint density at radius 2 is 2.06 bits per heavy atom. The van der Waals surface area contributed by atoms with Gasteiger partial charge in [-0.3, -0.25) is 14.0 Å². The molecule has 8 nitrogen and oxygen atoms in total. The molecule has 0 unspecified atom stereocenters. The van der Waals surface area contributed by atoms with E-state index in [4.69, 9.17) is 9.84 Å². The van der Waals surface area contributed by atoms with E-state index >= 15 is 0 Å². The highest BCUT2D eigenvalue weighted by Crippen LogP contribution is 2.24. The number of carbonyl (C=O) groups is 1. The van der Waals surface area contributed by atoms with E-state index in [0.29, 0.717) is 34.2 Å². The molecule has 4 aromatic rings. The van der Waals surface area contributed by atoms with Crippen LogP contribution < -0.4 is 15.6 Å². The molecule has 0 fully saturated rings. The van der Waals surface area contributed by atoms with Gasteiger partial charge < -0.3 is 10.1 Å². The second kappa shape index (κ2) is 8.96. The van der Waals surface area contributed by atoms with Crippen molar-refractivity contribution >= 4 is 22.2 Å². The van der Waals surface area contributed by atoms with Gasteiger partial charge in [-0.2, -0.15) is 5.10 Å². The molecule has 0 aliphatic carbocycles. The van der Waals surface area contributed by atoms with Crippen LogP contribution >= 0.6 is 11.3 Å². The molecule has 1 N–H and O–H groups in total. The molecule has 9 heteroatoms. The van der Waals surface area contributed by atoms with Crippen LogP contribution in [0.5, 0.6) is 5.75 Å². The van der Waals surface area contributed by atoms with E-state index in [-0.39, 0.29) is 17.9 Å². The lowest BCUT2D eigenvalue weighted by atomic mass is 10.1. The van der Waals surface area contributed by atoms with Crippen LogP contribution in [0, 0.1) is 13.8 Å². The maximum atomic E-state index is 13.5. The van der Waals surface area contributed by atoms with Crippen molar-refractivity contribution in [2.75, 3.05) is 13.7 Å². The summed E-state index contributed by atoms with van der Waals surface area (Å²) in [5.74, 6) is 0.612. The van der Waals surface area contributed by atoms with Gasteiger partial charge in [-0.25, -0.2) is 9.67 Å². The summed E-state index contributed by atoms with van der Waals surface area (Å²) in [5, 5.41) is 9.37. The molecule has 3 aromatic heterocycles. The number of ether oxygens (including phenoxy) is 1. The van der Waals surface area contributed by atoms with Gasteiger partial charge >= 0.3 is 0 Å². The lowest BCUT2D eigenvalue weighted by Gasteiger charge is -2.07. The fraction of sp³-hybridized carbons (Fsp3) is 0.304. The molecular formula is C23H25N5O3S. The number of thiazole rings is 1. The summed E-state index contributed by atoms with van der Waals surface area (Å²) in [4.78, 5) is 30.9. The molecule has 32 heavy (non-hydrogen) atoms. The van der Waals surface area contributed by atoms with Crippen molar-refractivity contribution in [2.45, 2.75) is 33.6 Å². The summed E-state index contributed by atoms with van der Waals surface area (Å²) in [5.41, 5.74) is 3.70. The first kappa shape index (κ1) is 21.8. The van der Waals surface area contributed by atoms with Crippen molar-refractivity contribution in [3.8, 4) is 22.7 Å². The topological polar surface area (TPSA) is 90.5 Å². The lowest BCUT2D eigenvalue weighted by Crippen LogP contribution is -2.28. The van der Waals surface area contributed by atoms with Crippen molar-refractivity contribution in [3.63, 3.8) is 0 Å². The minimum Gasteiger partial charge on any atom is -0.497 e. The quantitative estimate of drug-likeness (QED) is 0.466. The van der Waals surface area contributed by atoms with Crippen LogP contribution in [0.1, 0.15) is 30.4 Å². The van der Waals surface area contributed by atoms with Gasteiger partial charge in [0, 0.05) is 29.4 Å². The first-order valence-electron chi connectivity index (χ1n) is 10.4. The Bertz CT molecular complexity index is 1350. The fourth-order valence-electron chi connectivity index (χ4n) is 3.62. The van der Waals surface area contributed by atoms with E-state index in [0.717, 1.165) is 23.6 Å². The normalized spacial score (nSPS) is 11.1. The molecule has 0 saturated heterocycles. The summed E-state index contributed by atoms with van der Waals surface area (Å²) in [6.45, 7) is 6.35. The molecule has 0 bridgehead atoms. The van der Waals surface area contributed by atoms with Crippen molar-refractivity contribution in [1.29, 1.82) is 0 Å². The minimum absolute atomic E-state index is 0.112. The zero-order chi connectivity index (χ0) is 22.8. The largest absolute Gasteiger partial charge is 0.497 e. The average Bonchev–Trinajstić information content (AvgIpc) is 3.35. The van der Waals surface area contributed by atoms with E-state index in [2.05, 4.69) is 10.3 Å². The van der Waals surface area contributed by atoms with E-state index in [9.17, 15) is 9.59 Å². The van der Waals surface area contributed by atoms with Crippen LogP contribution in [0.25, 0.3) is 21.9 Å². The smallest absolute Gasteiger partial charge is 0.268 e. The third kappa shape index (κ3) is 4.03. The second-order valence-corrected chi connectivity index (χ2v) is 8.37. The molecule has 0 saturated carbocycles. The number of carbonyl (C=O) groups excluding carboxylic acids is 1. The maximum absolute atomic E-state index is 13.5. The van der Waals surface area contributed by atoms with E-state index in [1.165, 1.54) is 15.7 Å². The molecule has 1 amide bonds. The number of aryl methyl sites for hydroxylation is 2. The highest BCUT2D eigenvalue weighted by molar-refractivity contribution is 7.15. The second-order valence-electron chi connectivity index (χ2n) is 7.53. The van der Waals surface area contributed by atoms with Gasteiger partial charge in [0.2, 0.25) is 5.91 Å². The number of aromatic nitrogens is 4. The molecule has 0 aliphatic heterocycles. The number of methoxy groups -OCH3 is 1. The highest BCUT2D eigenvalue weighted by Gasteiger charge is 2.20. The van der Waals surface area contributed by atoms with E-state index in [1.807, 2.05) is 56.5 Å². The Kier molecular flexibility index (Phi) is 6.09. The van der Waals surface area contributed by atoms with Gasteiger partial charge in [0.05, 0.1) is 30.5 Å². The van der Waals surface area contributed by atoms with Crippen molar-refractivity contribution in [2.24, 2.45) is 0 Å². The zero-order valence-electron chi connectivity index (χ0n) is 18.5.